The van der Waals surface area contributed by atoms with Crippen molar-refractivity contribution >= 4 is 23.3 Å². The normalized spacial score (nSPS) is 18.2. The third kappa shape index (κ3) is 3.04. The van der Waals surface area contributed by atoms with Crippen molar-refractivity contribution < 1.29 is 19.4 Å². The molecule has 1 aromatic carbocycles. The van der Waals surface area contributed by atoms with Gasteiger partial charge in [-0.3, -0.25) is 14.6 Å². The Morgan fingerprint density at radius 1 is 1.25 bits per heavy atom. The highest BCUT2D eigenvalue weighted by Gasteiger charge is 2.52. The van der Waals surface area contributed by atoms with E-state index < -0.39 is 28.6 Å². The van der Waals surface area contributed by atoms with Gasteiger partial charge in [-0.25, -0.2) is 9.48 Å². The SMILES string of the molecule is CCOC(=O)C1(C)C(C(=O)O)=NN(C)c2cnn(Cc3ccccc3)c(=O)c21. The number of carbonyl (C=O) groups excluding carboxylic acids is 1. The number of nitrogens with zero attached hydrogens (tertiary/aromatic N) is 4. The number of hydrogen-bond acceptors (Lipinski definition) is 7. The fourth-order valence-electron chi connectivity index (χ4n) is 3.22. The van der Waals surface area contributed by atoms with E-state index in [0.29, 0.717) is 0 Å². The number of carbonyl (C=O) groups is 2. The van der Waals surface area contributed by atoms with E-state index in [1.807, 2.05) is 30.3 Å². The third-order valence-corrected chi connectivity index (χ3v) is 4.66. The number of hydrazone groups is 1. The molecule has 0 aliphatic carbocycles. The van der Waals surface area contributed by atoms with Crippen LogP contribution in [-0.2, 0) is 26.3 Å². The zero-order chi connectivity index (χ0) is 20.5. The molecule has 0 saturated carbocycles. The molecule has 1 N–H and O–H groups in total. The third-order valence-electron chi connectivity index (χ3n) is 4.66. The number of hydrogen-bond donors (Lipinski definition) is 1. The first kappa shape index (κ1) is 19.3. The summed E-state index contributed by atoms with van der Waals surface area (Å²) >= 11 is 0. The first-order valence-electron chi connectivity index (χ1n) is 8.68. The number of anilines is 1. The molecular formula is C19H20N4O5. The van der Waals surface area contributed by atoms with Gasteiger partial charge in [-0.1, -0.05) is 30.3 Å². The lowest BCUT2D eigenvalue weighted by Gasteiger charge is -2.34. The van der Waals surface area contributed by atoms with Crippen LogP contribution in [0.25, 0.3) is 0 Å². The van der Waals surface area contributed by atoms with E-state index >= 15 is 0 Å². The van der Waals surface area contributed by atoms with Crippen LogP contribution in [0.4, 0.5) is 5.69 Å². The van der Waals surface area contributed by atoms with Crippen LogP contribution in [-0.4, -0.2) is 46.2 Å². The quantitative estimate of drug-likeness (QED) is 0.765. The van der Waals surface area contributed by atoms with Crippen molar-refractivity contribution in [3.05, 3.63) is 58.0 Å². The van der Waals surface area contributed by atoms with Crippen LogP contribution in [0.15, 0.2) is 46.4 Å². The van der Waals surface area contributed by atoms with Gasteiger partial charge < -0.3 is 9.84 Å². The summed E-state index contributed by atoms with van der Waals surface area (Å²) in [6.07, 6.45) is 1.40. The Labute approximate surface area is 160 Å². The molecule has 1 aromatic heterocycles. The molecule has 1 unspecified atom stereocenters. The van der Waals surface area contributed by atoms with E-state index in [-0.39, 0.29) is 24.4 Å². The molecule has 0 bridgehead atoms. The maximum Gasteiger partial charge on any atom is 0.353 e. The molecular weight excluding hydrogens is 364 g/mol. The Bertz CT molecular complexity index is 1010. The molecule has 0 fully saturated rings. The van der Waals surface area contributed by atoms with Crippen molar-refractivity contribution in [3.63, 3.8) is 0 Å². The van der Waals surface area contributed by atoms with Gasteiger partial charge in [0.25, 0.3) is 5.56 Å². The number of benzene rings is 1. The Kier molecular flexibility index (Phi) is 5.00. The second-order valence-corrected chi connectivity index (χ2v) is 6.48. The van der Waals surface area contributed by atoms with E-state index in [2.05, 4.69) is 10.2 Å². The number of rotatable bonds is 5. The summed E-state index contributed by atoms with van der Waals surface area (Å²) in [7, 11) is 1.50. The molecule has 0 spiro atoms. The first-order valence-corrected chi connectivity index (χ1v) is 8.68. The summed E-state index contributed by atoms with van der Waals surface area (Å²) in [4.78, 5) is 37.9. The molecule has 146 valence electrons. The topological polar surface area (TPSA) is 114 Å². The predicted octanol–water partition coefficient (Wildman–Crippen LogP) is 1.00. The molecule has 1 atom stereocenters. The summed E-state index contributed by atoms with van der Waals surface area (Å²) in [5.41, 5.74) is -1.83. The van der Waals surface area contributed by atoms with Crippen LogP contribution < -0.4 is 10.6 Å². The molecule has 28 heavy (non-hydrogen) atoms. The number of ether oxygens (including phenoxy) is 1. The van der Waals surface area contributed by atoms with Crippen LogP contribution in [0.2, 0.25) is 0 Å². The van der Waals surface area contributed by atoms with Gasteiger partial charge in [-0.2, -0.15) is 10.2 Å². The molecule has 0 amide bonds. The van der Waals surface area contributed by atoms with E-state index in [1.54, 1.807) is 6.92 Å². The van der Waals surface area contributed by atoms with Gasteiger partial charge in [0.05, 0.1) is 30.6 Å². The van der Waals surface area contributed by atoms with E-state index in [1.165, 1.54) is 29.9 Å². The summed E-state index contributed by atoms with van der Waals surface area (Å²) in [5.74, 6) is -2.25. The Morgan fingerprint density at radius 2 is 1.93 bits per heavy atom. The summed E-state index contributed by atoms with van der Waals surface area (Å²) in [6.45, 7) is 3.16. The molecule has 2 aromatic rings. The minimum atomic E-state index is -1.86. The number of aliphatic carboxylic acids is 1. The van der Waals surface area contributed by atoms with Crippen LogP contribution in [0.5, 0.6) is 0 Å². The van der Waals surface area contributed by atoms with Gasteiger partial charge in [0.1, 0.15) is 5.41 Å². The summed E-state index contributed by atoms with van der Waals surface area (Å²) < 4.78 is 6.30. The van der Waals surface area contributed by atoms with Gasteiger partial charge in [0.15, 0.2) is 5.71 Å². The summed E-state index contributed by atoms with van der Waals surface area (Å²) in [5, 5.41) is 19.0. The van der Waals surface area contributed by atoms with E-state index in [0.717, 1.165) is 5.56 Å². The van der Waals surface area contributed by atoms with E-state index in [4.69, 9.17) is 4.74 Å². The number of carboxylic acid groups (broad SMARTS) is 1. The highest BCUT2D eigenvalue weighted by atomic mass is 16.5. The Hall–Kier alpha value is -3.49. The maximum atomic E-state index is 13.3. The smallest absolute Gasteiger partial charge is 0.353 e. The first-order chi connectivity index (χ1) is 13.3. The Morgan fingerprint density at radius 3 is 2.54 bits per heavy atom. The second-order valence-electron chi connectivity index (χ2n) is 6.48. The van der Waals surface area contributed by atoms with Crippen molar-refractivity contribution in [2.24, 2.45) is 5.10 Å². The molecule has 3 rings (SSSR count). The number of esters is 1. The minimum Gasteiger partial charge on any atom is -0.477 e. The van der Waals surface area contributed by atoms with Crippen molar-refractivity contribution in [3.8, 4) is 0 Å². The van der Waals surface area contributed by atoms with Crippen LogP contribution in [0.3, 0.4) is 0 Å². The lowest BCUT2D eigenvalue weighted by Crippen LogP contribution is -2.53. The molecule has 2 heterocycles. The zero-order valence-corrected chi connectivity index (χ0v) is 15.7. The van der Waals surface area contributed by atoms with Crippen LogP contribution >= 0.6 is 0 Å². The Balaban J connectivity index is 2.22. The van der Waals surface area contributed by atoms with E-state index in [9.17, 15) is 19.5 Å². The van der Waals surface area contributed by atoms with Crippen molar-refractivity contribution in [1.82, 2.24) is 9.78 Å². The van der Waals surface area contributed by atoms with Gasteiger partial charge in [0.2, 0.25) is 0 Å². The molecule has 0 saturated heterocycles. The highest BCUT2D eigenvalue weighted by molar-refractivity contribution is 6.44. The molecule has 9 heteroatoms. The number of fused-ring (bicyclic) bond motifs is 1. The summed E-state index contributed by atoms with van der Waals surface area (Å²) in [6, 6.07) is 9.21. The fourth-order valence-corrected chi connectivity index (χ4v) is 3.22. The van der Waals surface area contributed by atoms with Gasteiger partial charge >= 0.3 is 11.9 Å². The number of aromatic nitrogens is 2. The fraction of sp³-hybridized carbons (Fsp3) is 0.316. The average molecular weight is 384 g/mol. The second kappa shape index (κ2) is 7.26. The minimum absolute atomic E-state index is 0.0215. The standard InChI is InChI=1S/C19H20N4O5/c1-4-28-18(27)19(2)14-13(22(3)21-15(19)17(25)26)10-20-23(16(14)24)11-12-8-6-5-7-9-12/h5-10H,4,11H2,1-3H3,(H,25,26). The average Bonchev–Trinajstić information content (AvgIpc) is 2.67. The maximum absolute atomic E-state index is 13.3. The van der Waals surface area contributed by atoms with Crippen LogP contribution in [0.1, 0.15) is 25.0 Å². The van der Waals surface area contributed by atoms with Crippen LogP contribution in [0, 0.1) is 0 Å². The molecule has 9 nitrogen and oxygen atoms in total. The number of carboxylic acids is 1. The van der Waals surface area contributed by atoms with Gasteiger partial charge in [-0.05, 0) is 19.4 Å². The lowest BCUT2D eigenvalue weighted by atomic mass is 9.76. The van der Waals surface area contributed by atoms with Crippen molar-refractivity contribution in [2.75, 3.05) is 18.7 Å². The zero-order valence-electron chi connectivity index (χ0n) is 15.7. The largest absolute Gasteiger partial charge is 0.477 e. The monoisotopic (exact) mass is 384 g/mol. The van der Waals surface area contributed by atoms with Crippen molar-refractivity contribution in [1.29, 1.82) is 0 Å². The molecule has 1 aliphatic rings. The molecule has 0 radical (unpaired) electrons. The van der Waals surface area contributed by atoms with Gasteiger partial charge in [0, 0.05) is 7.05 Å². The van der Waals surface area contributed by atoms with Crippen molar-refractivity contribution in [2.45, 2.75) is 25.8 Å². The predicted molar refractivity (Wildman–Crippen MR) is 101 cm³/mol. The lowest BCUT2D eigenvalue weighted by molar-refractivity contribution is -0.148. The highest BCUT2D eigenvalue weighted by Crippen LogP contribution is 2.36. The van der Waals surface area contributed by atoms with Gasteiger partial charge in [-0.15, -0.1) is 0 Å². The molecule has 1 aliphatic heterocycles.